The number of nitrogens with zero attached hydrogens (tertiary/aromatic N) is 2. The van der Waals surface area contributed by atoms with Gasteiger partial charge in [-0.05, 0) is 169 Å². The maximum Gasteiger partial charge on any atom is 0.323 e. The van der Waals surface area contributed by atoms with E-state index < -0.39 is 0 Å². The highest BCUT2D eigenvalue weighted by molar-refractivity contribution is 5.26. The average Bonchev–Trinajstić information content (AvgIpc) is 2.80. The van der Waals surface area contributed by atoms with E-state index in [2.05, 4.69) is 6.07 Å². The molecular formula is C34H46N2O3. The Kier molecular flexibility index (Phi) is 4.65. The van der Waals surface area contributed by atoms with Crippen LogP contribution in [-0.2, 0) is 0 Å². The third kappa shape index (κ3) is 3.83. The van der Waals surface area contributed by atoms with E-state index in [1.54, 1.807) is 0 Å². The molecule has 12 saturated carbocycles. The van der Waals surface area contributed by atoms with Gasteiger partial charge in [-0.2, -0.15) is 9.97 Å². The molecule has 5 heteroatoms. The molecule has 1 aromatic rings. The Hall–Kier alpha value is -1.52. The Morgan fingerprint density at radius 2 is 0.667 bits per heavy atom. The second kappa shape index (κ2) is 7.85. The molecule has 1 aromatic heterocycles. The van der Waals surface area contributed by atoms with Gasteiger partial charge in [0.25, 0.3) is 0 Å². The predicted molar refractivity (Wildman–Crippen MR) is 147 cm³/mol. The van der Waals surface area contributed by atoms with Crippen LogP contribution in [0.15, 0.2) is 6.07 Å². The SMILES string of the molecule is c1c(OC23CC4CC(CC(C4)C2)C3)nc(OC23CC4CC(CC(C4)C2)C3)nc1OC12CC3CC(CC(C3)C1)C2. The maximum absolute atomic E-state index is 7.03. The van der Waals surface area contributed by atoms with Crippen LogP contribution in [0.1, 0.15) is 116 Å². The monoisotopic (exact) mass is 530 g/mol. The summed E-state index contributed by atoms with van der Waals surface area (Å²) >= 11 is 0. The Morgan fingerprint density at radius 3 is 0.949 bits per heavy atom. The van der Waals surface area contributed by atoms with Crippen LogP contribution in [0.3, 0.4) is 0 Å². The number of rotatable bonds is 6. The van der Waals surface area contributed by atoms with Crippen LogP contribution < -0.4 is 14.2 Å². The van der Waals surface area contributed by atoms with Gasteiger partial charge in [0.2, 0.25) is 11.8 Å². The topological polar surface area (TPSA) is 53.5 Å². The normalized spacial score (nSPS) is 53.4. The number of aromatic nitrogens is 2. The zero-order valence-corrected chi connectivity index (χ0v) is 23.6. The largest absolute Gasteiger partial charge is 0.471 e. The van der Waals surface area contributed by atoms with E-state index in [-0.39, 0.29) is 16.8 Å². The molecule has 5 nitrogen and oxygen atoms in total. The third-order valence-electron chi connectivity index (χ3n) is 13.6. The van der Waals surface area contributed by atoms with Crippen molar-refractivity contribution in [3.8, 4) is 17.8 Å². The summed E-state index contributed by atoms with van der Waals surface area (Å²) in [4.78, 5) is 10.1. The van der Waals surface area contributed by atoms with Crippen LogP contribution in [0.4, 0.5) is 0 Å². The first-order chi connectivity index (χ1) is 18.9. The zero-order valence-electron chi connectivity index (χ0n) is 23.6. The van der Waals surface area contributed by atoms with Gasteiger partial charge in [-0.25, -0.2) is 0 Å². The molecule has 0 radical (unpaired) electrons. The molecule has 12 bridgehead atoms. The van der Waals surface area contributed by atoms with Crippen molar-refractivity contribution in [2.45, 2.75) is 132 Å². The van der Waals surface area contributed by atoms with E-state index in [4.69, 9.17) is 24.2 Å². The molecular weight excluding hydrogens is 484 g/mol. The summed E-state index contributed by atoms with van der Waals surface area (Å²) in [5.74, 6) is 9.07. The van der Waals surface area contributed by atoms with Gasteiger partial charge in [0.05, 0.1) is 6.07 Å². The first-order valence-electron chi connectivity index (χ1n) is 16.9. The molecule has 0 aromatic carbocycles. The van der Waals surface area contributed by atoms with E-state index >= 15 is 0 Å². The Morgan fingerprint density at radius 1 is 0.410 bits per heavy atom. The lowest BCUT2D eigenvalue weighted by molar-refractivity contribution is -0.119. The molecule has 0 saturated heterocycles. The number of hydrogen-bond donors (Lipinski definition) is 0. The number of hydrogen-bond acceptors (Lipinski definition) is 5. The van der Waals surface area contributed by atoms with Crippen LogP contribution in [-0.4, -0.2) is 26.8 Å². The molecule has 0 N–H and O–H groups in total. The van der Waals surface area contributed by atoms with Crippen LogP contribution in [0.2, 0.25) is 0 Å². The van der Waals surface area contributed by atoms with Gasteiger partial charge in [-0.3, -0.25) is 0 Å². The summed E-state index contributed by atoms with van der Waals surface area (Å²) in [7, 11) is 0. The molecule has 0 amide bonds. The van der Waals surface area contributed by atoms with Crippen molar-refractivity contribution >= 4 is 0 Å². The predicted octanol–water partition coefficient (Wildman–Crippen LogP) is 7.52. The highest BCUT2D eigenvalue weighted by atomic mass is 16.5. The molecule has 39 heavy (non-hydrogen) atoms. The van der Waals surface area contributed by atoms with Gasteiger partial charge in [-0.15, -0.1) is 0 Å². The minimum absolute atomic E-state index is 0.0288. The Labute approximate surface area is 233 Å². The smallest absolute Gasteiger partial charge is 0.323 e. The van der Waals surface area contributed by atoms with Crippen molar-refractivity contribution in [1.29, 1.82) is 0 Å². The van der Waals surface area contributed by atoms with Gasteiger partial charge in [-0.1, -0.05) is 0 Å². The molecule has 1 heterocycles. The lowest BCUT2D eigenvalue weighted by atomic mass is 9.54. The van der Waals surface area contributed by atoms with Crippen molar-refractivity contribution < 1.29 is 14.2 Å². The fourth-order valence-electron chi connectivity index (χ4n) is 13.6. The summed E-state index contributed by atoms with van der Waals surface area (Å²) in [6.45, 7) is 0. The number of ether oxygens (including phenoxy) is 3. The molecule has 12 fully saturated rings. The van der Waals surface area contributed by atoms with Gasteiger partial charge >= 0.3 is 6.01 Å². The minimum atomic E-state index is -0.0635. The fraction of sp³-hybridized carbons (Fsp3) is 0.882. The fourth-order valence-corrected chi connectivity index (χ4v) is 13.6. The van der Waals surface area contributed by atoms with Gasteiger partial charge in [0.1, 0.15) is 16.8 Å². The second-order valence-electron chi connectivity index (χ2n) is 16.9. The molecule has 210 valence electrons. The van der Waals surface area contributed by atoms with Crippen molar-refractivity contribution in [3.05, 3.63) is 6.07 Å². The van der Waals surface area contributed by atoms with E-state index in [0.717, 1.165) is 65.0 Å². The summed E-state index contributed by atoms with van der Waals surface area (Å²) in [6, 6.07) is 2.60. The highest BCUT2D eigenvalue weighted by Gasteiger charge is 2.56. The lowest BCUT2D eigenvalue weighted by Crippen LogP contribution is -2.54. The van der Waals surface area contributed by atoms with Crippen molar-refractivity contribution in [2.75, 3.05) is 0 Å². The van der Waals surface area contributed by atoms with Crippen molar-refractivity contribution in [2.24, 2.45) is 53.3 Å². The first kappa shape index (κ1) is 23.1. The van der Waals surface area contributed by atoms with Crippen molar-refractivity contribution in [1.82, 2.24) is 9.97 Å². The quantitative estimate of drug-likeness (QED) is 0.381. The molecule has 12 aliphatic rings. The van der Waals surface area contributed by atoms with Crippen LogP contribution >= 0.6 is 0 Å². The van der Waals surface area contributed by atoms with Crippen LogP contribution in [0.25, 0.3) is 0 Å². The van der Waals surface area contributed by atoms with E-state index in [0.29, 0.717) is 6.01 Å². The van der Waals surface area contributed by atoms with Gasteiger partial charge < -0.3 is 14.2 Å². The summed E-state index contributed by atoms with van der Waals surface area (Å²) in [5, 5.41) is 0. The first-order valence-corrected chi connectivity index (χ1v) is 16.9. The van der Waals surface area contributed by atoms with E-state index in [9.17, 15) is 0 Å². The highest BCUT2D eigenvalue weighted by Crippen LogP contribution is 2.60. The zero-order chi connectivity index (χ0) is 25.4. The van der Waals surface area contributed by atoms with Crippen LogP contribution in [0.5, 0.6) is 17.8 Å². The second-order valence-corrected chi connectivity index (χ2v) is 16.9. The van der Waals surface area contributed by atoms with E-state index in [1.165, 1.54) is 116 Å². The van der Waals surface area contributed by atoms with Gasteiger partial charge in [0, 0.05) is 0 Å². The molecule has 13 rings (SSSR count). The van der Waals surface area contributed by atoms with Crippen LogP contribution in [0, 0.1) is 53.3 Å². The molecule has 0 unspecified atom stereocenters. The standard InChI is InChI=1S/C34H46N2O3/c1-20-2-22-3-21(1)12-32(11-20,13-22)37-29-10-30(38-33-14-23-4-24(15-33)6-25(5-23)16-33)36-31(35-29)39-34-17-26-7-27(18-34)9-28(8-26)19-34/h10,20-28H,1-9,11-19H2. The Balaban J connectivity index is 0.985. The average molecular weight is 531 g/mol. The third-order valence-corrected chi connectivity index (χ3v) is 13.6. The van der Waals surface area contributed by atoms with Crippen molar-refractivity contribution in [3.63, 3.8) is 0 Å². The lowest BCUT2D eigenvalue weighted by Gasteiger charge is -2.56. The van der Waals surface area contributed by atoms with E-state index in [1.807, 2.05) is 0 Å². The minimum Gasteiger partial charge on any atom is -0.471 e. The maximum atomic E-state index is 7.03. The summed E-state index contributed by atoms with van der Waals surface area (Å²) in [5.41, 5.74) is -0.121. The molecule has 0 atom stereocenters. The van der Waals surface area contributed by atoms with Gasteiger partial charge in [0.15, 0.2) is 0 Å². The molecule has 0 spiro atoms. The summed E-state index contributed by atoms with van der Waals surface area (Å²) < 4.78 is 21.0. The summed E-state index contributed by atoms with van der Waals surface area (Å²) in [6.07, 6.45) is 23.6. The molecule has 12 aliphatic carbocycles. The Bertz CT molecular complexity index is 916. The molecule has 0 aliphatic heterocycles.